The van der Waals surface area contributed by atoms with Gasteiger partial charge >= 0.3 is 5.97 Å². The minimum Gasteiger partial charge on any atom is -0.508 e. The fraction of sp³-hybridized carbons (Fsp3) is 0.467. The summed E-state index contributed by atoms with van der Waals surface area (Å²) in [6.07, 6.45) is 1.21. The number of carbonyl (C=O) groups excluding carboxylic acids is 1. The summed E-state index contributed by atoms with van der Waals surface area (Å²) in [5.41, 5.74) is 1.39. The zero-order chi connectivity index (χ0) is 14.7. The summed E-state index contributed by atoms with van der Waals surface area (Å²) in [4.78, 5) is 22.1. The molecule has 1 aromatic rings. The molecule has 1 aromatic carbocycles. The van der Waals surface area contributed by atoms with Crippen LogP contribution < -0.4 is 5.32 Å². The third-order valence-corrected chi connectivity index (χ3v) is 3.72. The average molecular weight is 277 g/mol. The van der Waals surface area contributed by atoms with E-state index in [-0.39, 0.29) is 24.0 Å². The second kappa shape index (κ2) is 5.94. The number of amides is 1. The van der Waals surface area contributed by atoms with Crippen LogP contribution in [0.3, 0.4) is 0 Å². The zero-order valence-electron chi connectivity index (χ0n) is 11.4. The molecule has 1 aliphatic carbocycles. The van der Waals surface area contributed by atoms with Crippen LogP contribution in [-0.2, 0) is 16.0 Å². The Kier molecular flexibility index (Phi) is 4.27. The largest absolute Gasteiger partial charge is 0.508 e. The maximum absolute atomic E-state index is 11.2. The molecule has 0 aliphatic heterocycles. The molecular weight excluding hydrogens is 258 g/mol. The van der Waals surface area contributed by atoms with Gasteiger partial charge in [-0.3, -0.25) is 9.59 Å². The zero-order valence-corrected chi connectivity index (χ0v) is 11.4. The number of hydrogen-bond acceptors (Lipinski definition) is 3. The van der Waals surface area contributed by atoms with Crippen LogP contribution >= 0.6 is 0 Å². The molecule has 1 amide bonds. The van der Waals surface area contributed by atoms with Crippen molar-refractivity contribution >= 4 is 11.9 Å². The highest BCUT2D eigenvalue weighted by Gasteiger charge is 2.40. The van der Waals surface area contributed by atoms with Crippen LogP contribution in [0.4, 0.5) is 0 Å². The number of phenolic OH excluding ortho intramolecular Hbond substituents is 1. The van der Waals surface area contributed by atoms with Crippen LogP contribution in [0.25, 0.3) is 0 Å². The number of aromatic hydroxyl groups is 1. The summed E-state index contributed by atoms with van der Waals surface area (Å²) in [7, 11) is 0. The van der Waals surface area contributed by atoms with Gasteiger partial charge in [-0.25, -0.2) is 0 Å². The first-order valence-corrected chi connectivity index (χ1v) is 6.82. The lowest BCUT2D eigenvalue weighted by molar-refractivity contribution is -0.136. The van der Waals surface area contributed by atoms with E-state index in [1.807, 2.05) is 6.07 Å². The Hall–Kier alpha value is -2.04. The molecule has 20 heavy (non-hydrogen) atoms. The maximum atomic E-state index is 11.2. The van der Waals surface area contributed by atoms with Crippen LogP contribution in [-0.4, -0.2) is 28.6 Å². The highest BCUT2D eigenvalue weighted by molar-refractivity contribution is 5.75. The first-order chi connectivity index (χ1) is 9.52. The van der Waals surface area contributed by atoms with Gasteiger partial charge in [0.1, 0.15) is 5.75 Å². The van der Waals surface area contributed by atoms with Gasteiger partial charge < -0.3 is 15.5 Å². The van der Waals surface area contributed by atoms with Crippen molar-refractivity contribution in [3.63, 3.8) is 0 Å². The number of phenols is 1. The predicted molar refractivity (Wildman–Crippen MR) is 73.6 cm³/mol. The molecule has 1 aliphatic rings. The molecule has 108 valence electrons. The van der Waals surface area contributed by atoms with Crippen molar-refractivity contribution in [1.82, 2.24) is 5.32 Å². The fourth-order valence-electron chi connectivity index (χ4n) is 2.51. The van der Waals surface area contributed by atoms with E-state index in [9.17, 15) is 14.7 Å². The van der Waals surface area contributed by atoms with Crippen LogP contribution in [0.2, 0.25) is 0 Å². The third-order valence-electron chi connectivity index (χ3n) is 3.72. The van der Waals surface area contributed by atoms with Crippen molar-refractivity contribution < 1.29 is 19.8 Å². The Morgan fingerprint density at radius 2 is 2.15 bits per heavy atom. The molecule has 3 N–H and O–H groups in total. The van der Waals surface area contributed by atoms with E-state index in [2.05, 4.69) is 5.32 Å². The standard InChI is InChI=1S/C15H19NO4/c1-2-14(18)16-8-9-6-11(9)10-4-3-5-13(17)12(10)7-15(19)20/h3-5,9,11,17H,2,6-8H2,1H3,(H,16,18)(H,19,20)/t9-,11?/m0/s1. The molecule has 0 bridgehead atoms. The molecule has 0 heterocycles. The first kappa shape index (κ1) is 14.4. The lowest BCUT2D eigenvalue weighted by Gasteiger charge is -2.10. The van der Waals surface area contributed by atoms with Crippen LogP contribution in [0.1, 0.15) is 36.8 Å². The van der Waals surface area contributed by atoms with Crippen molar-refractivity contribution in [2.75, 3.05) is 6.54 Å². The predicted octanol–water partition coefficient (Wildman–Crippen LogP) is 1.65. The Morgan fingerprint density at radius 1 is 1.40 bits per heavy atom. The van der Waals surface area contributed by atoms with Gasteiger partial charge in [0.2, 0.25) is 5.91 Å². The molecule has 1 fully saturated rings. The summed E-state index contributed by atoms with van der Waals surface area (Å²) in [6.45, 7) is 2.42. The van der Waals surface area contributed by atoms with Crippen LogP contribution in [0.5, 0.6) is 5.75 Å². The molecule has 0 aromatic heterocycles. The molecule has 1 unspecified atom stereocenters. The number of rotatable bonds is 6. The molecule has 1 saturated carbocycles. The molecule has 0 spiro atoms. The van der Waals surface area contributed by atoms with Gasteiger partial charge in [0.15, 0.2) is 0 Å². The van der Waals surface area contributed by atoms with Gasteiger partial charge in [-0.2, -0.15) is 0 Å². The summed E-state index contributed by atoms with van der Waals surface area (Å²) in [5.74, 6) is -0.330. The number of hydrogen-bond donors (Lipinski definition) is 3. The van der Waals surface area contributed by atoms with Gasteiger partial charge in [0.25, 0.3) is 0 Å². The summed E-state index contributed by atoms with van der Waals surface area (Å²) in [5, 5.41) is 21.6. The topological polar surface area (TPSA) is 86.6 Å². The summed E-state index contributed by atoms with van der Waals surface area (Å²) in [6, 6.07) is 5.11. The number of carbonyl (C=O) groups is 2. The van der Waals surface area contributed by atoms with Crippen molar-refractivity contribution in [3.8, 4) is 5.75 Å². The number of aliphatic carboxylic acids is 1. The normalized spacial score (nSPS) is 20.4. The highest BCUT2D eigenvalue weighted by Crippen LogP contribution is 2.49. The minimum absolute atomic E-state index is 0.0253. The smallest absolute Gasteiger partial charge is 0.307 e. The number of carboxylic acids is 1. The van der Waals surface area contributed by atoms with Gasteiger partial charge in [-0.15, -0.1) is 0 Å². The molecule has 5 heteroatoms. The van der Waals surface area contributed by atoms with E-state index in [4.69, 9.17) is 5.11 Å². The van der Waals surface area contributed by atoms with E-state index >= 15 is 0 Å². The van der Waals surface area contributed by atoms with E-state index in [0.29, 0.717) is 24.4 Å². The summed E-state index contributed by atoms with van der Waals surface area (Å²) < 4.78 is 0. The lowest BCUT2D eigenvalue weighted by Crippen LogP contribution is -2.24. The van der Waals surface area contributed by atoms with E-state index in [1.165, 1.54) is 6.07 Å². The van der Waals surface area contributed by atoms with E-state index in [0.717, 1.165) is 12.0 Å². The van der Waals surface area contributed by atoms with E-state index in [1.54, 1.807) is 13.0 Å². The lowest BCUT2D eigenvalue weighted by atomic mass is 9.98. The maximum Gasteiger partial charge on any atom is 0.307 e. The van der Waals surface area contributed by atoms with Gasteiger partial charge in [-0.1, -0.05) is 19.1 Å². The molecule has 2 atom stereocenters. The van der Waals surface area contributed by atoms with Gasteiger partial charge in [-0.05, 0) is 29.9 Å². The van der Waals surface area contributed by atoms with Crippen molar-refractivity contribution in [3.05, 3.63) is 29.3 Å². The van der Waals surface area contributed by atoms with E-state index < -0.39 is 5.97 Å². The third kappa shape index (κ3) is 3.29. The Morgan fingerprint density at radius 3 is 2.80 bits per heavy atom. The van der Waals surface area contributed by atoms with Gasteiger partial charge in [0.05, 0.1) is 6.42 Å². The highest BCUT2D eigenvalue weighted by atomic mass is 16.4. The molecule has 2 rings (SSSR count). The molecule has 0 radical (unpaired) electrons. The van der Waals surface area contributed by atoms with Crippen molar-refractivity contribution in [2.24, 2.45) is 5.92 Å². The van der Waals surface area contributed by atoms with Crippen LogP contribution in [0, 0.1) is 5.92 Å². The number of nitrogens with one attached hydrogen (secondary N) is 1. The average Bonchev–Trinajstić information content (AvgIpc) is 3.17. The van der Waals surface area contributed by atoms with Crippen LogP contribution in [0.15, 0.2) is 18.2 Å². The Bertz CT molecular complexity index is 527. The van der Waals surface area contributed by atoms with Crippen molar-refractivity contribution in [2.45, 2.75) is 32.1 Å². The number of benzene rings is 1. The monoisotopic (exact) mass is 277 g/mol. The molecule has 5 nitrogen and oxygen atoms in total. The van der Waals surface area contributed by atoms with Gasteiger partial charge in [0, 0.05) is 18.5 Å². The van der Waals surface area contributed by atoms with Crippen molar-refractivity contribution in [1.29, 1.82) is 0 Å². The molecule has 0 saturated heterocycles. The SMILES string of the molecule is CCC(=O)NC[C@@H]1CC1c1cccc(O)c1CC(=O)O. The number of carboxylic acid groups (broad SMARTS) is 1. The Balaban J connectivity index is 2.05. The Labute approximate surface area is 117 Å². The minimum atomic E-state index is -0.954. The summed E-state index contributed by atoms with van der Waals surface area (Å²) >= 11 is 0. The second-order valence-electron chi connectivity index (χ2n) is 5.18. The second-order valence-corrected chi connectivity index (χ2v) is 5.18. The fourth-order valence-corrected chi connectivity index (χ4v) is 2.51. The quantitative estimate of drug-likeness (QED) is 0.738. The molecular formula is C15H19NO4. The first-order valence-electron chi connectivity index (χ1n) is 6.82.